The van der Waals surface area contributed by atoms with Crippen LogP contribution in [0.2, 0.25) is 5.02 Å². The molecule has 0 unspecified atom stereocenters. The molecule has 4 nitrogen and oxygen atoms in total. The number of rotatable bonds is 5. The van der Waals surface area contributed by atoms with Crippen molar-refractivity contribution in [1.29, 1.82) is 0 Å². The second kappa shape index (κ2) is 7.46. The molecule has 1 aromatic heterocycles. The summed E-state index contributed by atoms with van der Waals surface area (Å²) in [5.74, 6) is 1.09. The van der Waals surface area contributed by atoms with Crippen LogP contribution in [0, 0.1) is 0 Å². The van der Waals surface area contributed by atoms with Crippen LogP contribution < -0.4 is 4.90 Å². The van der Waals surface area contributed by atoms with E-state index in [2.05, 4.69) is 44.0 Å². The number of aryl methyl sites for hydroxylation is 1. The second-order valence-electron chi connectivity index (χ2n) is 6.58. The lowest BCUT2D eigenvalue weighted by atomic mass is 10.2. The van der Waals surface area contributed by atoms with Gasteiger partial charge in [-0.3, -0.25) is 4.90 Å². The van der Waals surface area contributed by atoms with Gasteiger partial charge in [-0.2, -0.15) is 0 Å². The van der Waals surface area contributed by atoms with E-state index in [1.54, 1.807) is 0 Å². The van der Waals surface area contributed by atoms with Crippen molar-refractivity contribution in [3.63, 3.8) is 0 Å². The monoisotopic (exact) mass is 354 g/mol. The molecular formula is C20H23ClN4. The first-order valence-corrected chi connectivity index (χ1v) is 9.33. The van der Waals surface area contributed by atoms with Crippen molar-refractivity contribution in [2.75, 3.05) is 37.6 Å². The Morgan fingerprint density at radius 2 is 1.72 bits per heavy atom. The van der Waals surface area contributed by atoms with Gasteiger partial charge in [0.15, 0.2) is 0 Å². The molecule has 1 aliphatic heterocycles. The van der Waals surface area contributed by atoms with E-state index < -0.39 is 0 Å². The van der Waals surface area contributed by atoms with Gasteiger partial charge in [-0.1, -0.05) is 35.9 Å². The second-order valence-corrected chi connectivity index (χ2v) is 6.99. The predicted octanol–water partition coefficient (Wildman–Crippen LogP) is 3.97. The topological polar surface area (TPSA) is 35.2 Å². The third-order valence-corrected chi connectivity index (χ3v) is 5.21. The van der Waals surface area contributed by atoms with Crippen molar-refractivity contribution >= 4 is 28.3 Å². The standard InChI is InChI=1S/C20H23ClN4/c21-16-6-1-4-9-19(16)25-14-12-24(13-15-25)11-5-10-20-22-17-7-2-3-8-18(17)23-20/h1-4,6-9H,5,10-15H2,(H,22,23). The van der Waals surface area contributed by atoms with Gasteiger partial charge in [0.1, 0.15) is 5.82 Å². The molecule has 5 heteroatoms. The van der Waals surface area contributed by atoms with Crippen molar-refractivity contribution in [3.05, 3.63) is 59.4 Å². The average Bonchev–Trinajstić information content (AvgIpc) is 3.06. The quantitative estimate of drug-likeness (QED) is 0.753. The lowest BCUT2D eigenvalue weighted by Crippen LogP contribution is -2.46. The Morgan fingerprint density at radius 1 is 0.960 bits per heavy atom. The minimum Gasteiger partial charge on any atom is -0.368 e. The number of aromatic nitrogens is 2. The number of para-hydroxylation sites is 3. The van der Waals surface area contributed by atoms with Crippen LogP contribution in [-0.2, 0) is 6.42 Å². The van der Waals surface area contributed by atoms with E-state index in [0.717, 1.165) is 73.1 Å². The summed E-state index contributed by atoms with van der Waals surface area (Å²) in [6.07, 6.45) is 2.13. The van der Waals surface area contributed by atoms with Crippen LogP contribution in [-0.4, -0.2) is 47.6 Å². The smallest absolute Gasteiger partial charge is 0.107 e. The van der Waals surface area contributed by atoms with E-state index in [-0.39, 0.29) is 0 Å². The zero-order chi connectivity index (χ0) is 17.1. The summed E-state index contributed by atoms with van der Waals surface area (Å²) in [7, 11) is 0. The van der Waals surface area contributed by atoms with Gasteiger partial charge in [-0.15, -0.1) is 0 Å². The number of aromatic amines is 1. The van der Waals surface area contributed by atoms with Crippen LogP contribution in [0.5, 0.6) is 0 Å². The summed E-state index contributed by atoms with van der Waals surface area (Å²) in [6.45, 7) is 5.37. The first kappa shape index (κ1) is 16.4. The third-order valence-electron chi connectivity index (χ3n) is 4.89. The summed E-state index contributed by atoms with van der Waals surface area (Å²) >= 11 is 6.31. The molecular weight excluding hydrogens is 332 g/mol. The van der Waals surface area contributed by atoms with Gasteiger partial charge in [-0.05, 0) is 37.2 Å². The molecule has 0 atom stereocenters. The lowest BCUT2D eigenvalue weighted by molar-refractivity contribution is 0.254. The van der Waals surface area contributed by atoms with E-state index in [1.165, 1.54) is 0 Å². The molecule has 3 aromatic rings. The maximum Gasteiger partial charge on any atom is 0.107 e. The highest BCUT2D eigenvalue weighted by Crippen LogP contribution is 2.26. The number of halogens is 1. The van der Waals surface area contributed by atoms with Gasteiger partial charge in [0.25, 0.3) is 0 Å². The fourth-order valence-electron chi connectivity index (χ4n) is 3.51. The molecule has 130 valence electrons. The summed E-state index contributed by atoms with van der Waals surface area (Å²) in [5.41, 5.74) is 3.35. The average molecular weight is 355 g/mol. The van der Waals surface area contributed by atoms with Crippen LogP contribution in [0.4, 0.5) is 5.69 Å². The molecule has 1 N–H and O–H groups in total. The molecule has 0 amide bonds. The molecule has 2 aromatic carbocycles. The fourth-order valence-corrected chi connectivity index (χ4v) is 3.77. The number of hydrogen-bond acceptors (Lipinski definition) is 3. The van der Waals surface area contributed by atoms with E-state index >= 15 is 0 Å². The van der Waals surface area contributed by atoms with Crippen molar-refractivity contribution < 1.29 is 0 Å². The van der Waals surface area contributed by atoms with Crippen molar-refractivity contribution in [2.24, 2.45) is 0 Å². The summed E-state index contributed by atoms with van der Waals surface area (Å²) in [6, 6.07) is 16.3. The van der Waals surface area contributed by atoms with Crippen LogP contribution in [0.1, 0.15) is 12.2 Å². The number of H-pyrrole nitrogens is 1. The number of hydrogen-bond donors (Lipinski definition) is 1. The Bertz CT molecular complexity index is 803. The zero-order valence-corrected chi connectivity index (χ0v) is 15.0. The Morgan fingerprint density at radius 3 is 2.52 bits per heavy atom. The number of nitrogens with zero attached hydrogens (tertiary/aromatic N) is 3. The van der Waals surface area contributed by atoms with Gasteiger partial charge < -0.3 is 9.88 Å². The normalized spacial score (nSPS) is 15.8. The fraction of sp³-hybridized carbons (Fsp3) is 0.350. The minimum absolute atomic E-state index is 0.848. The molecule has 4 rings (SSSR count). The minimum atomic E-state index is 0.848. The Balaban J connectivity index is 1.25. The molecule has 0 spiro atoms. The highest BCUT2D eigenvalue weighted by atomic mass is 35.5. The highest BCUT2D eigenvalue weighted by Gasteiger charge is 2.18. The molecule has 0 radical (unpaired) electrons. The van der Waals surface area contributed by atoms with Gasteiger partial charge >= 0.3 is 0 Å². The number of imidazole rings is 1. The third kappa shape index (κ3) is 3.80. The Labute approximate surface area is 153 Å². The molecule has 0 bridgehead atoms. The largest absolute Gasteiger partial charge is 0.368 e. The Hall–Kier alpha value is -2.04. The van der Waals surface area contributed by atoms with Gasteiger partial charge in [0, 0.05) is 32.6 Å². The van der Waals surface area contributed by atoms with Crippen molar-refractivity contribution in [3.8, 4) is 0 Å². The van der Waals surface area contributed by atoms with Gasteiger partial charge in [-0.25, -0.2) is 4.98 Å². The number of fused-ring (bicyclic) bond motifs is 1. The number of benzene rings is 2. The first-order chi connectivity index (χ1) is 12.3. The van der Waals surface area contributed by atoms with Crippen LogP contribution in [0.15, 0.2) is 48.5 Å². The molecule has 0 aliphatic carbocycles. The molecule has 1 fully saturated rings. The van der Waals surface area contributed by atoms with Gasteiger partial charge in [0.05, 0.1) is 21.7 Å². The summed E-state index contributed by atoms with van der Waals surface area (Å²) < 4.78 is 0. The highest BCUT2D eigenvalue weighted by molar-refractivity contribution is 6.33. The molecule has 1 saturated heterocycles. The SMILES string of the molecule is Clc1ccccc1N1CCN(CCCc2nc3ccccc3[nH]2)CC1. The maximum atomic E-state index is 6.31. The van der Waals surface area contributed by atoms with E-state index in [1.807, 2.05) is 24.3 Å². The van der Waals surface area contributed by atoms with Crippen molar-refractivity contribution in [1.82, 2.24) is 14.9 Å². The number of nitrogens with one attached hydrogen (secondary N) is 1. The number of anilines is 1. The molecule has 25 heavy (non-hydrogen) atoms. The lowest BCUT2D eigenvalue weighted by Gasteiger charge is -2.36. The first-order valence-electron chi connectivity index (χ1n) is 8.95. The van der Waals surface area contributed by atoms with Gasteiger partial charge in [0.2, 0.25) is 0 Å². The predicted molar refractivity (Wildman–Crippen MR) is 105 cm³/mol. The summed E-state index contributed by atoms with van der Waals surface area (Å²) in [5, 5.41) is 0.848. The zero-order valence-electron chi connectivity index (χ0n) is 14.3. The van der Waals surface area contributed by atoms with Crippen molar-refractivity contribution in [2.45, 2.75) is 12.8 Å². The van der Waals surface area contributed by atoms with Crippen LogP contribution in [0.25, 0.3) is 11.0 Å². The van der Waals surface area contributed by atoms with E-state index in [9.17, 15) is 0 Å². The molecule has 2 heterocycles. The van der Waals surface area contributed by atoms with E-state index in [0.29, 0.717) is 0 Å². The maximum absolute atomic E-state index is 6.31. The summed E-state index contributed by atoms with van der Waals surface area (Å²) in [4.78, 5) is 13.0. The Kier molecular flexibility index (Phi) is 4.90. The molecule has 0 saturated carbocycles. The van der Waals surface area contributed by atoms with E-state index in [4.69, 9.17) is 11.6 Å². The number of piperazine rings is 1. The van der Waals surface area contributed by atoms with Crippen LogP contribution in [0.3, 0.4) is 0 Å². The molecule has 1 aliphatic rings. The van der Waals surface area contributed by atoms with Crippen LogP contribution >= 0.6 is 11.6 Å².